The predicted molar refractivity (Wildman–Crippen MR) is 187 cm³/mol. The SMILES string of the molecule is Nc1nnc(-c2cc(F)ccc2O)cc1-c1cnn(C2CCN(C3CCC(c4cccc5c4CCN5[C@@H]4CCC5OC5NC4=O)CC3)CC2)c1. The summed E-state index contributed by atoms with van der Waals surface area (Å²) in [6, 6.07) is 13.0. The first-order valence-corrected chi connectivity index (χ1v) is 18.1. The summed E-state index contributed by atoms with van der Waals surface area (Å²) in [5, 5.41) is 26.3. The normalized spacial score (nSPS) is 27.0. The van der Waals surface area contributed by atoms with Crippen molar-refractivity contribution < 1.29 is 19.0 Å². The van der Waals surface area contributed by atoms with Gasteiger partial charge in [0.1, 0.15) is 23.7 Å². The minimum Gasteiger partial charge on any atom is -0.507 e. The average molecular weight is 679 g/mol. The summed E-state index contributed by atoms with van der Waals surface area (Å²) in [5.74, 6) is 0.402. The van der Waals surface area contributed by atoms with Crippen LogP contribution in [0.5, 0.6) is 5.75 Å². The molecular formula is C38H43FN8O3. The first-order chi connectivity index (χ1) is 24.4. The van der Waals surface area contributed by atoms with Gasteiger partial charge in [-0.2, -0.15) is 5.10 Å². The molecule has 4 N–H and O–H groups in total. The molecule has 4 aliphatic heterocycles. The Hall–Kier alpha value is -4.55. The van der Waals surface area contributed by atoms with Crippen LogP contribution in [0.25, 0.3) is 22.4 Å². The van der Waals surface area contributed by atoms with E-state index in [1.54, 1.807) is 12.3 Å². The van der Waals surface area contributed by atoms with Gasteiger partial charge in [-0.1, -0.05) is 12.1 Å². The van der Waals surface area contributed by atoms with Gasteiger partial charge in [0.05, 0.1) is 17.9 Å². The summed E-state index contributed by atoms with van der Waals surface area (Å²) in [5.41, 5.74) is 12.5. The van der Waals surface area contributed by atoms with E-state index in [1.165, 1.54) is 60.7 Å². The molecule has 0 spiro atoms. The lowest BCUT2D eigenvalue weighted by molar-refractivity contribution is -0.123. The van der Waals surface area contributed by atoms with E-state index in [-0.39, 0.29) is 41.4 Å². The van der Waals surface area contributed by atoms with E-state index in [9.17, 15) is 14.3 Å². The summed E-state index contributed by atoms with van der Waals surface area (Å²) in [6.07, 6.45) is 13.6. The lowest BCUT2D eigenvalue weighted by atomic mass is 9.79. The molecule has 1 aliphatic carbocycles. The molecule has 0 bridgehead atoms. The molecule has 6 heterocycles. The van der Waals surface area contributed by atoms with Crippen molar-refractivity contribution in [3.05, 3.63) is 71.8 Å². The van der Waals surface area contributed by atoms with Crippen molar-refractivity contribution in [2.45, 2.75) is 94.2 Å². The van der Waals surface area contributed by atoms with E-state index in [4.69, 9.17) is 15.6 Å². The maximum atomic E-state index is 13.9. The quantitative estimate of drug-likeness (QED) is 0.236. The number of nitrogens with two attached hydrogens (primary N) is 1. The Kier molecular flexibility index (Phi) is 7.95. The minimum absolute atomic E-state index is 0.0720. The molecule has 4 aromatic rings. The van der Waals surface area contributed by atoms with Crippen LogP contribution < -0.4 is 16.0 Å². The number of halogens is 1. The molecule has 0 radical (unpaired) electrons. The molecule has 12 heteroatoms. The fourth-order valence-corrected chi connectivity index (χ4v) is 9.09. The lowest BCUT2D eigenvalue weighted by Crippen LogP contribution is -2.46. The third-order valence-electron chi connectivity index (χ3n) is 11.9. The Balaban J connectivity index is 0.813. The number of benzene rings is 2. The van der Waals surface area contributed by atoms with Crippen LogP contribution in [0, 0.1) is 5.82 Å². The average Bonchev–Trinajstić information content (AvgIpc) is 3.50. The van der Waals surface area contributed by atoms with Gasteiger partial charge in [-0.3, -0.25) is 9.48 Å². The second-order valence-electron chi connectivity index (χ2n) is 14.7. The zero-order chi connectivity index (χ0) is 33.9. The molecular weight excluding hydrogens is 635 g/mol. The zero-order valence-corrected chi connectivity index (χ0v) is 28.0. The maximum Gasteiger partial charge on any atom is 0.244 e. The Bertz CT molecular complexity index is 1920. The van der Waals surface area contributed by atoms with E-state index >= 15 is 0 Å². The molecule has 50 heavy (non-hydrogen) atoms. The van der Waals surface area contributed by atoms with E-state index in [0.29, 0.717) is 29.3 Å². The molecule has 4 fully saturated rings. The smallest absolute Gasteiger partial charge is 0.244 e. The first-order valence-electron chi connectivity index (χ1n) is 18.1. The topological polar surface area (TPSA) is 138 Å². The molecule has 2 aromatic heterocycles. The van der Waals surface area contributed by atoms with Crippen LogP contribution in [0.15, 0.2) is 54.9 Å². The second kappa shape index (κ2) is 12.6. The van der Waals surface area contributed by atoms with Crippen molar-refractivity contribution in [3.8, 4) is 28.1 Å². The number of nitrogens with one attached hydrogen (secondary N) is 1. The number of carbonyl (C=O) groups is 1. The lowest BCUT2D eigenvalue weighted by Gasteiger charge is -2.41. The first kappa shape index (κ1) is 31.4. The van der Waals surface area contributed by atoms with Gasteiger partial charge in [0.2, 0.25) is 5.91 Å². The van der Waals surface area contributed by atoms with Gasteiger partial charge in [0, 0.05) is 54.3 Å². The van der Waals surface area contributed by atoms with Crippen LogP contribution in [0.3, 0.4) is 0 Å². The standard InChI is InChI=1S/C38H43FN8O3/c39-24-6-10-34(48)30(18-24)31-19-29(36(40)44-43-31)23-20-41-47(21-23)26-12-15-45(16-13-26)25-7-4-22(5-8-25)27-2-1-3-32-28(27)14-17-46(32)33-9-11-35-38(50-35)42-37(33)49/h1-3,6,10,18-22,25-26,33,35,38,48H,4-5,7-9,11-17H2,(H2,40,44)(H,42,49)/t22?,25?,33-,35?,38?/m1/s1. The van der Waals surface area contributed by atoms with Crippen LogP contribution in [0.2, 0.25) is 0 Å². The number of epoxide rings is 1. The van der Waals surface area contributed by atoms with Crippen molar-refractivity contribution in [2.24, 2.45) is 0 Å². The molecule has 1 amide bonds. The number of fused-ring (bicyclic) bond motifs is 2. The summed E-state index contributed by atoms with van der Waals surface area (Å²) in [7, 11) is 0. The number of carbonyl (C=O) groups excluding carboxylic acids is 1. The highest BCUT2D eigenvalue weighted by Crippen LogP contribution is 2.43. The van der Waals surface area contributed by atoms with Crippen molar-refractivity contribution in [3.63, 3.8) is 0 Å². The van der Waals surface area contributed by atoms with Crippen LogP contribution >= 0.6 is 0 Å². The number of aromatic hydroxyl groups is 1. The monoisotopic (exact) mass is 678 g/mol. The minimum atomic E-state index is -0.466. The number of piperidine rings is 1. The number of rotatable bonds is 6. The largest absolute Gasteiger partial charge is 0.507 e. The van der Waals surface area contributed by atoms with Crippen molar-refractivity contribution >= 4 is 17.4 Å². The molecule has 5 aliphatic rings. The molecule has 3 atom stereocenters. The summed E-state index contributed by atoms with van der Waals surface area (Å²) in [4.78, 5) is 18.0. The Morgan fingerprint density at radius 2 is 1.76 bits per heavy atom. The van der Waals surface area contributed by atoms with E-state index < -0.39 is 5.82 Å². The number of nitrogens with zero attached hydrogens (tertiary/aromatic N) is 6. The summed E-state index contributed by atoms with van der Waals surface area (Å²) >= 11 is 0. The molecule has 2 aromatic carbocycles. The van der Waals surface area contributed by atoms with Gasteiger partial charge < -0.3 is 30.7 Å². The summed E-state index contributed by atoms with van der Waals surface area (Å²) in [6.45, 7) is 3.00. The third kappa shape index (κ3) is 5.77. The number of phenols is 1. The number of anilines is 2. The van der Waals surface area contributed by atoms with Crippen molar-refractivity contribution in [1.29, 1.82) is 0 Å². The van der Waals surface area contributed by atoms with Crippen LogP contribution in [0.1, 0.15) is 74.5 Å². The van der Waals surface area contributed by atoms with Gasteiger partial charge in [0.25, 0.3) is 0 Å². The Morgan fingerprint density at radius 1 is 0.920 bits per heavy atom. The maximum absolute atomic E-state index is 13.9. The van der Waals surface area contributed by atoms with Crippen LogP contribution in [-0.2, 0) is 16.0 Å². The third-order valence-corrected chi connectivity index (χ3v) is 11.9. The molecule has 1 saturated carbocycles. The van der Waals surface area contributed by atoms with Crippen LogP contribution in [-0.4, -0.2) is 79.9 Å². The van der Waals surface area contributed by atoms with Gasteiger partial charge in [-0.15, -0.1) is 10.2 Å². The van der Waals surface area contributed by atoms with Gasteiger partial charge in [-0.05, 0) is 105 Å². The number of hydrogen-bond donors (Lipinski definition) is 3. The number of nitrogen functional groups attached to an aromatic ring is 1. The van der Waals surface area contributed by atoms with Gasteiger partial charge in [-0.25, -0.2) is 4.39 Å². The Morgan fingerprint density at radius 3 is 2.60 bits per heavy atom. The molecule has 2 unspecified atom stereocenters. The highest BCUT2D eigenvalue weighted by atomic mass is 19.1. The number of amides is 1. The molecule has 9 rings (SSSR count). The number of ether oxygens (including phenoxy) is 1. The fraction of sp³-hybridized carbons (Fsp3) is 0.474. The summed E-state index contributed by atoms with van der Waals surface area (Å²) < 4.78 is 21.5. The van der Waals surface area contributed by atoms with E-state index in [1.807, 2.05) is 10.9 Å². The predicted octanol–water partition coefficient (Wildman–Crippen LogP) is 5.16. The van der Waals surface area contributed by atoms with Crippen molar-refractivity contribution in [1.82, 2.24) is 30.2 Å². The van der Waals surface area contributed by atoms with Gasteiger partial charge >= 0.3 is 0 Å². The number of likely N-dealkylation sites (tertiary alicyclic amines) is 1. The molecule has 260 valence electrons. The van der Waals surface area contributed by atoms with Gasteiger partial charge in [0.15, 0.2) is 12.0 Å². The molecule has 11 nitrogen and oxygen atoms in total. The Labute approximate surface area is 290 Å². The number of aromatic nitrogens is 4. The van der Waals surface area contributed by atoms with Crippen LogP contribution in [0.4, 0.5) is 15.9 Å². The number of hydrogen-bond acceptors (Lipinski definition) is 9. The zero-order valence-electron chi connectivity index (χ0n) is 28.0. The highest BCUT2D eigenvalue weighted by molar-refractivity contribution is 5.87. The van der Waals surface area contributed by atoms with E-state index in [2.05, 4.69) is 43.5 Å². The number of phenolic OH excluding ortho intramolecular Hbond substituents is 1. The van der Waals surface area contributed by atoms with Crippen molar-refractivity contribution in [2.75, 3.05) is 30.3 Å². The highest BCUT2D eigenvalue weighted by Gasteiger charge is 2.46. The molecule has 3 saturated heterocycles. The van der Waals surface area contributed by atoms with E-state index in [0.717, 1.165) is 57.3 Å². The fourth-order valence-electron chi connectivity index (χ4n) is 9.09. The second-order valence-corrected chi connectivity index (χ2v) is 14.7.